The van der Waals surface area contributed by atoms with E-state index in [0.29, 0.717) is 18.8 Å². The Balaban J connectivity index is 1.47. The van der Waals surface area contributed by atoms with Crippen molar-refractivity contribution in [2.75, 3.05) is 33.8 Å². The third kappa shape index (κ3) is 3.54. The molecule has 5 rings (SSSR count). The van der Waals surface area contributed by atoms with Gasteiger partial charge in [-0.1, -0.05) is 6.07 Å². The van der Waals surface area contributed by atoms with Crippen molar-refractivity contribution in [3.63, 3.8) is 0 Å². The molecule has 0 radical (unpaired) electrons. The van der Waals surface area contributed by atoms with E-state index in [1.54, 1.807) is 7.11 Å². The molecule has 0 bridgehead atoms. The summed E-state index contributed by atoms with van der Waals surface area (Å²) in [7, 11) is 5.68. The topological polar surface area (TPSA) is 55.0 Å². The number of likely N-dealkylation sites (N-methyl/N-ethyl adjacent to an activating group) is 1. The molecule has 4 heterocycles. The van der Waals surface area contributed by atoms with Crippen molar-refractivity contribution in [2.24, 2.45) is 7.05 Å². The first-order chi connectivity index (χ1) is 15.5. The molecule has 1 amide bonds. The number of carbonyl (C=O) groups is 1. The molecular weight excluding hydrogens is 402 g/mol. The van der Waals surface area contributed by atoms with Crippen molar-refractivity contribution >= 4 is 11.6 Å². The van der Waals surface area contributed by atoms with E-state index in [4.69, 9.17) is 9.72 Å². The van der Waals surface area contributed by atoms with Crippen molar-refractivity contribution in [3.05, 3.63) is 78.4 Å². The Kier molecular flexibility index (Phi) is 5.19. The highest BCUT2D eigenvalue weighted by Crippen LogP contribution is 2.28. The number of hydrogen-bond donors (Lipinski definition) is 0. The monoisotopic (exact) mass is 429 g/mol. The highest BCUT2D eigenvalue weighted by atomic mass is 16.5. The Morgan fingerprint density at radius 2 is 1.84 bits per heavy atom. The van der Waals surface area contributed by atoms with Crippen LogP contribution in [-0.4, -0.2) is 63.5 Å². The molecular formula is C25H27N5O2. The fourth-order valence-corrected chi connectivity index (χ4v) is 4.41. The largest absolute Gasteiger partial charge is 0.497 e. The number of hydrogen-bond acceptors (Lipinski definition) is 4. The second-order valence-corrected chi connectivity index (χ2v) is 8.29. The van der Waals surface area contributed by atoms with E-state index in [1.165, 1.54) is 0 Å². The van der Waals surface area contributed by atoms with E-state index in [0.717, 1.165) is 34.9 Å². The maximum Gasteiger partial charge on any atom is 0.270 e. The number of pyridine rings is 1. The van der Waals surface area contributed by atoms with E-state index in [-0.39, 0.29) is 11.9 Å². The zero-order valence-electron chi connectivity index (χ0n) is 18.6. The van der Waals surface area contributed by atoms with Crippen LogP contribution in [0.3, 0.4) is 0 Å². The molecule has 3 aromatic heterocycles. The Morgan fingerprint density at radius 3 is 2.56 bits per heavy atom. The maximum absolute atomic E-state index is 13.1. The van der Waals surface area contributed by atoms with Gasteiger partial charge in [-0.15, -0.1) is 0 Å². The Morgan fingerprint density at radius 1 is 1.03 bits per heavy atom. The lowest BCUT2D eigenvalue weighted by Gasteiger charge is -2.38. The van der Waals surface area contributed by atoms with E-state index >= 15 is 0 Å². The van der Waals surface area contributed by atoms with Gasteiger partial charge in [0, 0.05) is 39.1 Å². The molecule has 7 heteroatoms. The van der Waals surface area contributed by atoms with Crippen molar-refractivity contribution in [1.29, 1.82) is 0 Å². The number of ether oxygens (including phenoxy) is 1. The van der Waals surface area contributed by atoms with Gasteiger partial charge in [0.05, 0.1) is 24.5 Å². The molecule has 0 spiro atoms. The average Bonchev–Trinajstić information content (AvgIpc) is 3.45. The zero-order chi connectivity index (χ0) is 22.2. The number of aromatic nitrogens is 3. The van der Waals surface area contributed by atoms with Crippen LogP contribution in [0.15, 0.2) is 67.0 Å². The molecule has 0 saturated carbocycles. The number of rotatable bonds is 4. The third-order valence-electron chi connectivity index (χ3n) is 6.34. The lowest BCUT2D eigenvalue weighted by molar-refractivity contribution is 0.0532. The summed E-state index contributed by atoms with van der Waals surface area (Å²) in [6.45, 7) is 2.13. The number of methoxy groups -OCH3 is 1. The first kappa shape index (κ1) is 20.3. The van der Waals surface area contributed by atoms with Gasteiger partial charge < -0.3 is 14.2 Å². The lowest BCUT2D eigenvalue weighted by atomic mass is 10.1. The summed E-state index contributed by atoms with van der Waals surface area (Å²) in [6.07, 6.45) is 4.01. The van der Waals surface area contributed by atoms with Crippen LogP contribution >= 0.6 is 0 Å². The Bertz CT molecular complexity index is 1260. The second-order valence-electron chi connectivity index (χ2n) is 8.29. The van der Waals surface area contributed by atoms with Gasteiger partial charge >= 0.3 is 0 Å². The number of imidazole rings is 1. The molecule has 164 valence electrons. The number of amides is 1. The van der Waals surface area contributed by atoms with Crippen LogP contribution in [0.1, 0.15) is 22.2 Å². The summed E-state index contributed by atoms with van der Waals surface area (Å²) in [5.74, 6) is 0.900. The van der Waals surface area contributed by atoms with Gasteiger partial charge in [-0.25, -0.2) is 4.98 Å². The van der Waals surface area contributed by atoms with Crippen molar-refractivity contribution in [2.45, 2.75) is 6.04 Å². The summed E-state index contributed by atoms with van der Waals surface area (Å²) in [6, 6.07) is 18.0. The van der Waals surface area contributed by atoms with Gasteiger partial charge in [0.15, 0.2) is 0 Å². The standard InChI is InChI=1S/C25H27N5O2/c1-27-13-5-7-22(27)25(31)29-15-14-28(2)23(17-29)20-16-30-21(6-4-8-24(30)26-20)18-9-11-19(32-3)12-10-18/h4-13,16,23H,14-15,17H2,1-3H3. The minimum atomic E-state index is 0.0385. The van der Waals surface area contributed by atoms with Gasteiger partial charge in [0.2, 0.25) is 0 Å². The Hall–Kier alpha value is -3.58. The average molecular weight is 430 g/mol. The first-order valence-corrected chi connectivity index (χ1v) is 10.8. The first-order valence-electron chi connectivity index (χ1n) is 10.8. The lowest BCUT2D eigenvalue weighted by Crippen LogP contribution is -2.49. The van der Waals surface area contributed by atoms with Gasteiger partial charge in [-0.3, -0.25) is 14.1 Å². The summed E-state index contributed by atoms with van der Waals surface area (Å²) < 4.78 is 9.30. The Labute approximate surface area is 187 Å². The second kappa shape index (κ2) is 8.16. The number of benzene rings is 1. The van der Waals surface area contributed by atoms with Crippen LogP contribution in [0.2, 0.25) is 0 Å². The maximum atomic E-state index is 13.1. The molecule has 1 aromatic carbocycles. The number of fused-ring (bicyclic) bond motifs is 1. The van der Waals surface area contributed by atoms with Gasteiger partial charge in [0.25, 0.3) is 5.91 Å². The fourth-order valence-electron chi connectivity index (χ4n) is 4.41. The smallest absolute Gasteiger partial charge is 0.270 e. The quantitative estimate of drug-likeness (QED) is 0.499. The predicted molar refractivity (Wildman–Crippen MR) is 124 cm³/mol. The molecule has 1 aliphatic heterocycles. The van der Waals surface area contributed by atoms with E-state index in [9.17, 15) is 4.79 Å². The fraction of sp³-hybridized carbons (Fsp3) is 0.280. The molecule has 1 saturated heterocycles. The molecule has 1 unspecified atom stereocenters. The number of nitrogens with zero attached hydrogens (tertiary/aromatic N) is 5. The van der Waals surface area contributed by atoms with Gasteiger partial charge in [-0.2, -0.15) is 0 Å². The SMILES string of the molecule is COc1ccc(-c2cccc3nc(C4CN(C(=O)c5cccn5C)CCN4C)cn23)cc1. The van der Waals surface area contributed by atoms with E-state index < -0.39 is 0 Å². The van der Waals surface area contributed by atoms with Crippen molar-refractivity contribution in [3.8, 4) is 17.0 Å². The van der Waals surface area contributed by atoms with Crippen LogP contribution in [0, 0.1) is 0 Å². The zero-order valence-corrected chi connectivity index (χ0v) is 18.6. The summed E-state index contributed by atoms with van der Waals surface area (Å²) in [5.41, 5.74) is 4.74. The molecule has 4 aromatic rings. The number of piperazine rings is 1. The molecule has 1 aliphatic rings. The molecule has 32 heavy (non-hydrogen) atoms. The van der Waals surface area contributed by atoms with E-state index in [1.807, 2.05) is 59.1 Å². The highest BCUT2D eigenvalue weighted by molar-refractivity contribution is 5.92. The predicted octanol–water partition coefficient (Wildman–Crippen LogP) is 3.48. The van der Waals surface area contributed by atoms with Crippen LogP contribution in [0.5, 0.6) is 5.75 Å². The van der Waals surface area contributed by atoms with Crippen LogP contribution in [0.25, 0.3) is 16.9 Å². The summed E-state index contributed by atoms with van der Waals surface area (Å²) in [4.78, 5) is 22.2. The summed E-state index contributed by atoms with van der Waals surface area (Å²) >= 11 is 0. The number of carbonyl (C=O) groups excluding carboxylic acids is 1. The molecule has 0 N–H and O–H groups in total. The number of aryl methyl sites for hydroxylation is 1. The van der Waals surface area contributed by atoms with Crippen LogP contribution < -0.4 is 4.74 Å². The van der Waals surface area contributed by atoms with Crippen LogP contribution in [-0.2, 0) is 7.05 Å². The molecule has 1 atom stereocenters. The molecule has 0 aliphatic carbocycles. The van der Waals surface area contributed by atoms with Gasteiger partial charge in [0.1, 0.15) is 17.1 Å². The normalized spacial score (nSPS) is 17.1. The minimum absolute atomic E-state index is 0.0385. The molecule has 1 fully saturated rings. The van der Waals surface area contributed by atoms with Gasteiger partial charge in [-0.05, 0) is 61.1 Å². The van der Waals surface area contributed by atoms with Crippen molar-refractivity contribution < 1.29 is 9.53 Å². The van der Waals surface area contributed by atoms with E-state index in [2.05, 4.69) is 40.7 Å². The highest BCUT2D eigenvalue weighted by Gasteiger charge is 2.31. The summed E-state index contributed by atoms with van der Waals surface area (Å²) in [5, 5.41) is 0. The van der Waals surface area contributed by atoms with Crippen molar-refractivity contribution in [1.82, 2.24) is 23.8 Å². The molecule has 7 nitrogen and oxygen atoms in total. The van der Waals surface area contributed by atoms with Crippen LogP contribution in [0.4, 0.5) is 0 Å². The third-order valence-corrected chi connectivity index (χ3v) is 6.34. The minimum Gasteiger partial charge on any atom is -0.497 e.